The second kappa shape index (κ2) is 7.37. The molecule has 4 nitrogen and oxygen atoms in total. The first-order valence-corrected chi connectivity index (χ1v) is 7.06. The van der Waals surface area contributed by atoms with Crippen molar-refractivity contribution in [1.82, 2.24) is 9.55 Å². The van der Waals surface area contributed by atoms with Crippen molar-refractivity contribution in [2.24, 2.45) is 0 Å². The van der Waals surface area contributed by atoms with E-state index in [2.05, 4.69) is 23.4 Å². The third kappa shape index (κ3) is 4.42. The molecule has 1 rings (SSSR count). The standard InChI is InChI=1S/C12H20N2O2S/c1-3-5-6-7-14-10(4-2)8-13-12(14)17-9-11(15)16/h8H,3-7,9H2,1-2H3,(H,15,16). The van der Waals surface area contributed by atoms with Crippen LogP contribution in [0.5, 0.6) is 0 Å². The van der Waals surface area contributed by atoms with E-state index in [0.29, 0.717) is 0 Å². The van der Waals surface area contributed by atoms with Gasteiger partial charge in [0.2, 0.25) is 0 Å². The first kappa shape index (κ1) is 14.1. The highest BCUT2D eigenvalue weighted by Crippen LogP contribution is 2.19. The molecule has 0 aliphatic rings. The molecule has 1 N–H and O–H groups in total. The van der Waals surface area contributed by atoms with Crippen LogP contribution in [0.25, 0.3) is 0 Å². The van der Waals surface area contributed by atoms with E-state index >= 15 is 0 Å². The number of aliphatic carboxylic acids is 1. The summed E-state index contributed by atoms with van der Waals surface area (Å²) in [6.07, 6.45) is 6.31. The zero-order valence-corrected chi connectivity index (χ0v) is 11.3. The van der Waals surface area contributed by atoms with Crippen LogP contribution >= 0.6 is 11.8 Å². The molecule has 0 saturated carbocycles. The first-order valence-electron chi connectivity index (χ1n) is 6.08. The molecule has 1 aromatic rings. The minimum absolute atomic E-state index is 0.0773. The molecule has 0 fully saturated rings. The maximum absolute atomic E-state index is 10.6. The summed E-state index contributed by atoms with van der Waals surface area (Å²) >= 11 is 1.30. The number of aryl methyl sites for hydroxylation is 1. The van der Waals surface area contributed by atoms with Gasteiger partial charge in [0.05, 0.1) is 5.75 Å². The molecule has 0 radical (unpaired) electrons. The zero-order chi connectivity index (χ0) is 12.7. The van der Waals surface area contributed by atoms with Crippen molar-refractivity contribution in [2.45, 2.75) is 51.2 Å². The lowest BCUT2D eigenvalue weighted by Crippen LogP contribution is -2.06. The molecule has 1 aromatic heterocycles. The van der Waals surface area contributed by atoms with E-state index in [1.54, 1.807) is 0 Å². The fourth-order valence-electron chi connectivity index (χ4n) is 1.67. The molecule has 5 heteroatoms. The van der Waals surface area contributed by atoms with Gasteiger partial charge in [0.25, 0.3) is 0 Å². The van der Waals surface area contributed by atoms with Crippen molar-refractivity contribution in [1.29, 1.82) is 0 Å². The van der Waals surface area contributed by atoms with Crippen LogP contribution < -0.4 is 0 Å². The number of carbonyl (C=O) groups is 1. The lowest BCUT2D eigenvalue weighted by Gasteiger charge is -2.09. The molecule has 1 heterocycles. The van der Waals surface area contributed by atoms with Gasteiger partial charge >= 0.3 is 5.97 Å². The summed E-state index contributed by atoms with van der Waals surface area (Å²) in [4.78, 5) is 14.9. The summed E-state index contributed by atoms with van der Waals surface area (Å²) in [5, 5.41) is 9.52. The first-order chi connectivity index (χ1) is 8.19. The number of imidazole rings is 1. The maximum Gasteiger partial charge on any atom is 0.313 e. The lowest BCUT2D eigenvalue weighted by molar-refractivity contribution is -0.133. The van der Waals surface area contributed by atoms with E-state index in [1.165, 1.54) is 30.3 Å². The van der Waals surface area contributed by atoms with Gasteiger partial charge in [0.15, 0.2) is 5.16 Å². The Labute approximate surface area is 106 Å². The molecular formula is C12H20N2O2S. The Kier molecular flexibility index (Phi) is 6.11. The van der Waals surface area contributed by atoms with Crippen molar-refractivity contribution in [3.63, 3.8) is 0 Å². The van der Waals surface area contributed by atoms with Gasteiger partial charge in [-0.15, -0.1) is 0 Å². The quantitative estimate of drug-likeness (QED) is 0.574. The molecule has 0 spiro atoms. The van der Waals surface area contributed by atoms with Crippen LogP contribution in [-0.2, 0) is 17.8 Å². The van der Waals surface area contributed by atoms with Crippen molar-refractivity contribution in [3.8, 4) is 0 Å². The molecule has 0 atom stereocenters. The summed E-state index contributed by atoms with van der Waals surface area (Å²) in [6.45, 7) is 5.21. The number of hydrogen-bond donors (Lipinski definition) is 1. The van der Waals surface area contributed by atoms with Crippen LogP contribution in [0.15, 0.2) is 11.4 Å². The van der Waals surface area contributed by atoms with Gasteiger partial charge in [-0.1, -0.05) is 38.5 Å². The third-order valence-electron chi connectivity index (χ3n) is 2.57. The Morgan fingerprint density at radius 2 is 2.24 bits per heavy atom. The van der Waals surface area contributed by atoms with Crippen LogP contribution in [0.4, 0.5) is 0 Å². The van der Waals surface area contributed by atoms with E-state index in [1.807, 2.05) is 6.20 Å². The Bertz CT molecular complexity index is 363. The van der Waals surface area contributed by atoms with Crippen molar-refractivity contribution < 1.29 is 9.90 Å². The van der Waals surface area contributed by atoms with Crippen LogP contribution in [0, 0.1) is 0 Å². The predicted octanol–water partition coefficient (Wildman–Crippen LogP) is 2.81. The smallest absolute Gasteiger partial charge is 0.313 e. The van der Waals surface area contributed by atoms with Gasteiger partial charge in [-0.05, 0) is 12.8 Å². The summed E-state index contributed by atoms with van der Waals surface area (Å²) < 4.78 is 2.16. The molecule has 0 aliphatic carbocycles. The minimum atomic E-state index is -0.795. The summed E-state index contributed by atoms with van der Waals surface area (Å²) in [7, 11) is 0. The van der Waals surface area contributed by atoms with Gasteiger partial charge < -0.3 is 9.67 Å². The largest absolute Gasteiger partial charge is 0.481 e. The second-order valence-corrected chi connectivity index (χ2v) is 4.87. The molecule has 17 heavy (non-hydrogen) atoms. The molecule has 0 amide bonds. The number of aromatic nitrogens is 2. The highest BCUT2D eigenvalue weighted by molar-refractivity contribution is 7.99. The van der Waals surface area contributed by atoms with Crippen LogP contribution in [0.2, 0.25) is 0 Å². The molecule has 96 valence electrons. The summed E-state index contributed by atoms with van der Waals surface area (Å²) in [5.41, 5.74) is 1.19. The summed E-state index contributed by atoms with van der Waals surface area (Å²) in [5.74, 6) is -0.718. The van der Waals surface area contributed by atoms with Gasteiger partial charge in [0, 0.05) is 18.4 Å². The monoisotopic (exact) mass is 256 g/mol. The van der Waals surface area contributed by atoms with E-state index in [4.69, 9.17) is 5.11 Å². The molecule has 0 unspecified atom stereocenters. The molecule has 0 saturated heterocycles. The number of carboxylic acids is 1. The minimum Gasteiger partial charge on any atom is -0.481 e. The topological polar surface area (TPSA) is 55.1 Å². The molecule has 0 bridgehead atoms. The van der Waals surface area contributed by atoms with Crippen molar-refractivity contribution in [3.05, 3.63) is 11.9 Å². The lowest BCUT2D eigenvalue weighted by atomic mass is 10.2. The van der Waals surface area contributed by atoms with E-state index in [0.717, 1.165) is 24.5 Å². The van der Waals surface area contributed by atoms with Gasteiger partial charge in [0.1, 0.15) is 0 Å². The Morgan fingerprint density at radius 1 is 1.47 bits per heavy atom. The molecular weight excluding hydrogens is 236 g/mol. The molecule has 0 aromatic carbocycles. The number of hydrogen-bond acceptors (Lipinski definition) is 3. The van der Waals surface area contributed by atoms with Crippen LogP contribution in [0.3, 0.4) is 0 Å². The maximum atomic E-state index is 10.6. The van der Waals surface area contributed by atoms with E-state index in [9.17, 15) is 4.79 Å². The summed E-state index contributed by atoms with van der Waals surface area (Å²) in [6, 6.07) is 0. The van der Waals surface area contributed by atoms with Gasteiger partial charge in [-0.3, -0.25) is 4.79 Å². The average Bonchev–Trinajstić information content (AvgIpc) is 2.69. The van der Waals surface area contributed by atoms with E-state index in [-0.39, 0.29) is 5.75 Å². The third-order valence-corrected chi connectivity index (χ3v) is 3.55. The van der Waals surface area contributed by atoms with Crippen LogP contribution in [-0.4, -0.2) is 26.4 Å². The SMILES string of the molecule is CCCCCn1c(CC)cnc1SCC(=O)O. The number of carboxylic acid groups (broad SMARTS) is 1. The van der Waals surface area contributed by atoms with E-state index < -0.39 is 5.97 Å². The Morgan fingerprint density at radius 3 is 2.82 bits per heavy atom. The molecule has 0 aliphatic heterocycles. The fraction of sp³-hybridized carbons (Fsp3) is 0.667. The van der Waals surface area contributed by atoms with Crippen LogP contribution in [0.1, 0.15) is 38.8 Å². The highest BCUT2D eigenvalue weighted by atomic mass is 32.2. The number of nitrogens with zero attached hydrogens (tertiary/aromatic N) is 2. The Balaban J connectivity index is 2.67. The normalized spacial score (nSPS) is 10.7. The Hall–Kier alpha value is -0.970. The van der Waals surface area contributed by atoms with Gasteiger partial charge in [-0.2, -0.15) is 0 Å². The zero-order valence-electron chi connectivity index (χ0n) is 10.5. The van der Waals surface area contributed by atoms with Crippen molar-refractivity contribution in [2.75, 3.05) is 5.75 Å². The fourth-order valence-corrected chi connectivity index (χ4v) is 2.42. The number of thioether (sulfide) groups is 1. The second-order valence-electron chi connectivity index (χ2n) is 3.93. The average molecular weight is 256 g/mol. The highest BCUT2D eigenvalue weighted by Gasteiger charge is 2.10. The number of rotatable bonds is 8. The van der Waals surface area contributed by atoms with Gasteiger partial charge in [-0.25, -0.2) is 4.98 Å². The number of unbranched alkanes of at least 4 members (excludes halogenated alkanes) is 2. The van der Waals surface area contributed by atoms with Crippen molar-refractivity contribution >= 4 is 17.7 Å². The predicted molar refractivity (Wildman–Crippen MR) is 69.5 cm³/mol.